The topological polar surface area (TPSA) is 45.5 Å². The molecule has 1 N–H and O–H groups in total. The first-order valence-electron chi connectivity index (χ1n) is 6.44. The highest BCUT2D eigenvalue weighted by atomic mass is 15.3. The zero-order chi connectivity index (χ0) is 12.7. The number of hydrogen-bond acceptors (Lipinski definition) is 4. The Morgan fingerprint density at radius 3 is 2.83 bits per heavy atom. The average Bonchev–Trinajstić information content (AvgIpc) is 2.69. The summed E-state index contributed by atoms with van der Waals surface area (Å²) in [5, 5.41) is 7.88. The Balaban J connectivity index is 2.05. The van der Waals surface area contributed by atoms with E-state index in [0.717, 1.165) is 30.1 Å². The molecule has 1 fully saturated rings. The first-order chi connectivity index (χ1) is 8.66. The van der Waals surface area contributed by atoms with E-state index in [2.05, 4.69) is 47.3 Å². The standard InChI is InChI=1S/C13H19N5/c1-9(2)11-6-12-13(15-4-5-18(12)16-11)17(3)10-7-14-8-10/h4-6,9-10,14H,7-8H2,1-3H3. The number of aromatic nitrogens is 3. The second-order valence-corrected chi connectivity index (χ2v) is 5.23. The van der Waals surface area contributed by atoms with Gasteiger partial charge in [0.05, 0.1) is 11.7 Å². The third kappa shape index (κ3) is 1.75. The van der Waals surface area contributed by atoms with Gasteiger partial charge >= 0.3 is 0 Å². The summed E-state index contributed by atoms with van der Waals surface area (Å²) in [6.45, 7) is 6.39. The second-order valence-electron chi connectivity index (χ2n) is 5.23. The van der Waals surface area contributed by atoms with Crippen LogP contribution in [0.15, 0.2) is 18.5 Å². The lowest BCUT2D eigenvalue weighted by atomic mass is 10.1. The van der Waals surface area contributed by atoms with E-state index < -0.39 is 0 Å². The Bertz CT molecular complexity index is 556. The zero-order valence-corrected chi connectivity index (χ0v) is 11.1. The molecule has 2 aromatic heterocycles. The van der Waals surface area contributed by atoms with Gasteiger partial charge in [0.2, 0.25) is 0 Å². The van der Waals surface area contributed by atoms with Crippen LogP contribution in [0.25, 0.3) is 5.52 Å². The number of likely N-dealkylation sites (N-methyl/N-ethyl adjacent to an activating group) is 1. The minimum absolute atomic E-state index is 0.438. The minimum atomic E-state index is 0.438. The average molecular weight is 245 g/mol. The quantitative estimate of drug-likeness (QED) is 0.884. The Hall–Kier alpha value is -1.62. The summed E-state index contributed by atoms with van der Waals surface area (Å²) in [5.74, 6) is 1.46. The molecule has 0 unspecified atom stereocenters. The van der Waals surface area contributed by atoms with Crippen LogP contribution < -0.4 is 10.2 Å². The predicted octanol–water partition coefficient (Wildman–Crippen LogP) is 1.26. The number of hydrogen-bond donors (Lipinski definition) is 1. The first-order valence-corrected chi connectivity index (χ1v) is 6.44. The second kappa shape index (κ2) is 4.24. The van der Waals surface area contributed by atoms with Crippen molar-refractivity contribution in [1.82, 2.24) is 19.9 Å². The van der Waals surface area contributed by atoms with Gasteiger partial charge in [0, 0.05) is 32.5 Å². The molecule has 1 saturated heterocycles. The van der Waals surface area contributed by atoms with E-state index in [9.17, 15) is 0 Å². The predicted molar refractivity (Wildman–Crippen MR) is 72.1 cm³/mol. The third-order valence-electron chi connectivity index (χ3n) is 3.62. The molecular weight excluding hydrogens is 226 g/mol. The van der Waals surface area contributed by atoms with Crippen molar-refractivity contribution in [1.29, 1.82) is 0 Å². The zero-order valence-electron chi connectivity index (χ0n) is 11.1. The Kier molecular flexibility index (Phi) is 2.70. The summed E-state index contributed by atoms with van der Waals surface area (Å²) in [7, 11) is 2.11. The van der Waals surface area contributed by atoms with E-state index in [1.54, 1.807) is 0 Å². The minimum Gasteiger partial charge on any atom is -0.352 e. The molecule has 1 aliphatic rings. The van der Waals surface area contributed by atoms with E-state index >= 15 is 0 Å². The van der Waals surface area contributed by atoms with E-state index in [0.29, 0.717) is 12.0 Å². The number of nitrogens with zero attached hydrogens (tertiary/aromatic N) is 4. The highest BCUT2D eigenvalue weighted by molar-refractivity contribution is 5.69. The van der Waals surface area contributed by atoms with Gasteiger partial charge < -0.3 is 10.2 Å². The van der Waals surface area contributed by atoms with Gasteiger partial charge in [-0.3, -0.25) is 0 Å². The summed E-state index contributed by atoms with van der Waals surface area (Å²) in [6, 6.07) is 2.69. The molecule has 96 valence electrons. The van der Waals surface area contributed by atoms with Gasteiger partial charge in [0.15, 0.2) is 5.82 Å². The van der Waals surface area contributed by atoms with Gasteiger partial charge in [-0.25, -0.2) is 9.50 Å². The SMILES string of the molecule is CC(C)c1cc2c(N(C)C3CNC3)nccn2n1. The van der Waals surface area contributed by atoms with E-state index in [-0.39, 0.29) is 0 Å². The fraction of sp³-hybridized carbons (Fsp3) is 0.538. The maximum Gasteiger partial charge on any atom is 0.154 e. The number of anilines is 1. The van der Waals surface area contributed by atoms with Crippen LogP contribution in [0.1, 0.15) is 25.5 Å². The van der Waals surface area contributed by atoms with Crippen LogP contribution in [0.5, 0.6) is 0 Å². The normalized spacial score (nSPS) is 16.2. The van der Waals surface area contributed by atoms with E-state index in [1.807, 2.05) is 16.9 Å². The highest BCUT2D eigenvalue weighted by Crippen LogP contribution is 2.23. The fourth-order valence-corrected chi connectivity index (χ4v) is 2.20. The van der Waals surface area contributed by atoms with Gasteiger partial charge in [0.25, 0.3) is 0 Å². The Labute approximate surface area is 107 Å². The van der Waals surface area contributed by atoms with Gasteiger partial charge in [0.1, 0.15) is 5.52 Å². The molecule has 18 heavy (non-hydrogen) atoms. The molecule has 0 radical (unpaired) electrons. The van der Waals surface area contributed by atoms with E-state index in [4.69, 9.17) is 0 Å². The van der Waals surface area contributed by atoms with Crippen molar-refractivity contribution < 1.29 is 0 Å². The van der Waals surface area contributed by atoms with Crippen molar-refractivity contribution in [2.45, 2.75) is 25.8 Å². The molecule has 5 nitrogen and oxygen atoms in total. The lowest BCUT2D eigenvalue weighted by Crippen LogP contribution is -2.56. The Morgan fingerprint density at radius 1 is 1.44 bits per heavy atom. The van der Waals surface area contributed by atoms with Crippen molar-refractivity contribution >= 4 is 11.3 Å². The van der Waals surface area contributed by atoms with Crippen LogP contribution >= 0.6 is 0 Å². The van der Waals surface area contributed by atoms with Crippen molar-refractivity contribution in [3.63, 3.8) is 0 Å². The summed E-state index contributed by atoms with van der Waals surface area (Å²) in [4.78, 5) is 6.77. The molecule has 0 saturated carbocycles. The molecule has 5 heteroatoms. The molecule has 0 bridgehead atoms. The monoisotopic (exact) mass is 245 g/mol. The summed E-state index contributed by atoms with van der Waals surface area (Å²) in [6.07, 6.45) is 3.74. The third-order valence-corrected chi connectivity index (χ3v) is 3.62. The van der Waals surface area contributed by atoms with Crippen molar-refractivity contribution in [2.24, 2.45) is 0 Å². The van der Waals surface area contributed by atoms with E-state index in [1.165, 1.54) is 0 Å². The molecule has 0 atom stereocenters. The Morgan fingerprint density at radius 2 is 2.22 bits per heavy atom. The lowest BCUT2D eigenvalue weighted by Gasteiger charge is -2.36. The van der Waals surface area contributed by atoms with Crippen LogP contribution in [-0.2, 0) is 0 Å². The van der Waals surface area contributed by atoms with Crippen LogP contribution in [0.2, 0.25) is 0 Å². The molecular formula is C13H19N5. The maximum absolute atomic E-state index is 4.59. The van der Waals surface area contributed by atoms with Crippen LogP contribution in [0.4, 0.5) is 5.82 Å². The highest BCUT2D eigenvalue weighted by Gasteiger charge is 2.24. The lowest BCUT2D eigenvalue weighted by molar-refractivity contribution is 0.427. The molecule has 0 aromatic carbocycles. The molecule has 0 spiro atoms. The van der Waals surface area contributed by atoms with Gasteiger partial charge in [-0.2, -0.15) is 5.10 Å². The summed E-state index contributed by atoms with van der Waals surface area (Å²) in [5.41, 5.74) is 2.21. The van der Waals surface area contributed by atoms with Crippen molar-refractivity contribution in [2.75, 3.05) is 25.0 Å². The number of fused-ring (bicyclic) bond motifs is 1. The number of rotatable bonds is 3. The molecule has 0 aliphatic carbocycles. The molecule has 1 aliphatic heterocycles. The summed E-state index contributed by atoms with van der Waals surface area (Å²) < 4.78 is 1.93. The fourth-order valence-electron chi connectivity index (χ4n) is 2.20. The van der Waals surface area contributed by atoms with Crippen molar-refractivity contribution in [3.05, 3.63) is 24.2 Å². The van der Waals surface area contributed by atoms with Gasteiger partial charge in [-0.1, -0.05) is 13.8 Å². The van der Waals surface area contributed by atoms with Crippen LogP contribution in [-0.4, -0.2) is 40.8 Å². The number of nitrogens with one attached hydrogen (secondary N) is 1. The summed E-state index contributed by atoms with van der Waals surface area (Å²) >= 11 is 0. The largest absolute Gasteiger partial charge is 0.352 e. The molecule has 2 aromatic rings. The molecule has 0 amide bonds. The first kappa shape index (κ1) is 11.5. The van der Waals surface area contributed by atoms with Gasteiger partial charge in [-0.05, 0) is 12.0 Å². The van der Waals surface area contributed by atoms with Crippen LogP contribution in [0, 0.1) is 0 Å². The van der Waals surface area contributed by atoms with Crippen LogP contribution in [0.3, 0.4) is 0 Å². The molecule has 3 heterocycles. The molecule has 3 rings (SSSR count). The van der Waals surface area contributed by atoms with Crippen molar-refractivity contribution in [3.8, 4) is 0 Å². The maximum atomic E-state index is 4.59. The van der Waals surface area contributed by atoms with Gasteiger partial charge in [-0.15, -0.1) is 0 Å². The smallest absolute Gasteiger partial charge is 0.154 e.